The number of hydrogen-bond acceptors (Lipinski definition) is 4. The van der Waals surface area contributed by atoms with Crippen molar-refractivity contribution in [3.8, 4) is 0 Å². The number of aryl methyl sites for hydroxylation is 2. The number of halogens is 3. The largest absolute Gasteiger partial charge is 0.433 e. The smallest absolute Gasteiger partial charge is 0.372 e. The number of anilines is 2. The van der Waals surface area contributed by atoms with E-state index < -0.39 is 18.0 Å². The van der Waals surface area contributed by atoms with E-state index in [0.29, 0.717) is 38.1 Å². The number of hydrogen-bond donors (Lipinski definition) is 1. The Balaban J connectivity index is 1.72. The van der Waals surface area contributed by atoms with Crippen molar-refractivity contribution in [3.05, 3.63) is 52.8 Å². The lowest BCUT2D eigenvalue weighted by Crippen LogP contribution is -2.26. The fraction of sp³-hybridized carbons (Fsp3) is 0.520. The van der Waals surface area contributed by atoms with Gasteiger partial charge in [-0.25, -0.2) is 0 Å². The summed E-state index contributed by atoms with van der Waals surface area (Å²) in [7, 11) is 0. The Kier molecular flexibility index (Phi) is 7.36. The molecule has 2 aromatic rings. The molecule has 1 atom stereocenters. The lowest BCUT2D eigenvalue weighted by Gasteiger charge is -2.25. The molecule has 0 saturated carbocycles. The average Bonchev–Trinajstić information content (AvgIpc) is 2.95. The molecule has 0 aliphatic carbocycles. The summed E-state index contributed by atoms with van der Waals surface area (Å²) >= 11 is 0. The lowest BCUT2D eigenvalue weighted by molar-refractivity contribution is -0.141. The number of carbonyl (C=O) groups excluding carboxylic acids is 1. The monoisotopic (exact) mass is 463 g/mol. The van der Waals surface area contributed by atoms with Crippen LogP contribution >= 0.6 is 0 Å². The molecule has 180 valence electrons. The van der Waals surface area contributed by atoms with Crippen LogP contribution < -0.4 is 10.2 Å². The third-order valence-electron chi connectivity index (χ3n) is 5.63. The second-order valence-corrected chi connectivity index (χ2v) is 9.85. The molecule has 0 unspecified atom stereocenters. The van der Waals surface area contributed by atoms with E-state index >= 15 is 0 Å². The quantitative estimate of drug-likeness (QED) is 0.599. The normalized spacial score (nSPS) is 17.6. The standard InChI is InChI=1S/C25H32F3N3O2/c1-16-12-19(13-17(2)23(16)30-22(32)15-24(3,4)5)31-9-7-20(33-11-10-31)18-6-8-29-21(14-18)25(26,27)28/h6,8,12-14,20H,7,9-11,15H2,1-5H3,(H,30,32)/t20-/m1/s1. The summed E-state index contributed by atoms with van der Waals surface area (Å²) in [5.74, 6) is -0.0111. The molecule has 1 aromatic heterocycles. The topological polar surface area (TPSA) is 54.5 Å². The van der Waals surface area contributed by atoms with Crippen LogP contribution in [0.25, 0.3) is 0 Å². The Hall–Kier alpha value is -2.61. The minimum Gasteiger partial charge on any atom is -0.372 e. The van der Waals surface area contributed by atoms with Crippen LogP contribution in [-0.4, -0.2) is 30.6 Å². The molecule has 2 heterocycles. The molecule has 1 N–H and O–H groups in total. The summed E-state index contributed by atoms with van der Waals surface area (Å²) in [6.07, 6.45) is -2.72. The number of benzene rings is 1. The molecule has 0 bridgehead atoms. The number of pyridine rings is 1. The van der Waals surface area contributed by atoms with Gasteiger partial charge in [0.1, 0.15) is 5.69 Å². The Morgan fingerprint density at radius 2 is 1.82 bits per heavy atom. The van der Waals surface area contributed by atoms with Gasteiger partial charge in [-0.3, -0.25) is 9.78 Å². The number of aromatic nitrogens is 1. The number of rotatable bonds is 4. The number of nitrogens with zero attached hydrogens (tertiary/aromatic N) is 2. The molecule has 0 radical (unpaired) electrons. The van der Waals surface area contributed by atoms with E-state index in [1.807, 2.05) is 46.8 Å². The van der Waals surface area contributed by atoms with E-state index in [-0.39, 0.29) is 11.3 Å². The molecule has 5 nitrogen and oxygen atoms in total. The van der Waals surface area contributed by atoms with Crippen LogP contribution in [0.4, 0.5) is 24.5 Å². The maximum Gasteiger partial charge on any atom is 0.433 e. The van der Waals surface area contributed by atoms with Crippen molar-refractivity contribution < 1.29 is 22.7 Å². The highest BCUT2D eigenvalue weighted by atomic mass is 19.4. The predicted molar refractivity (Wildman–Crippen MR) is 123 cm³/mol. The minimum absolute atomic E-state index is 0.0111. The van der Waals surface area contributed by atoms with Gasteiger partial charge in [-0.05, 0) is 66.6 Å². The lowest BCUT2D eigenvalue weighted by atomic mass is 9.92. The molecular formula is C25H32F3N3O2. The second kappa shape index (κ2) is 9.71. The Bertz CT molecular complexity index is 976. The van der Waals surface area contributed by atoms with Gasteiger partial charge in [-0.1, -0.05) is 20.8 Å². The van der Waals surface area contributed by atoms with Gasteiger partial charge in [-0.2, -0.15) is 13.2 Å². The molecule has 0 spiro atoms. The van der Waals surface area contributed by atoms with E-state index in [1.54, 1.807) is 6.07 Å². The summed E-state index contributed by atoms with van der Waals surface area (Å²) in [6.45, 7) is 11.7. The van der Waals surface area contributed by atoms with E-state index in [9.17, 15) is 18.0 Å². The van der Waals surface area contributed by atoms with Gasteiger partial charge in [0, 0.05) is 37.1 Å². The van der Waals surface area contributed by atoms with E-state index in [2.05, 4.69) is 15.2 Å². The van der Waals surface area contributed by atoms with Gasteiger partial charge < -0.3 is 15.0 Å². The first-order valence-corrected chi connectivity index (χ1v) is 11.1. The SMILES string of the molecule is Cc1cc(N2CCO[C@@H](c3ccnc(C(F)(F)F)c3)CC2)cc(C)c1NC(=O)CC(C)(C)C. The Labute approximate surface area is 193 Å². The molecular weight excluding hydrogens is 431 g/mol. The van der Waals surface area contributed by atoms with Crippen LogP contribution in [0.15, 0.2) is 30.5 Å². The second-order valence-electron chi connectivity index (χ2n) is 9.85. The molecule has 1 amide bonds. The number of alkyl halides is 3. The van der Waals surface area contributed by atoms with Crippen molar-refractivity contribution in [1.29, 1.82) is 0 Å². The molecule has 1 aliphatic heterocycles. The maximum atomic E-state index is 13.0. The first-order valence-electron chi connectivity index (χ1n) is 11.1. The predicted octanol–water partition coefficient (Wildman–Crippen LogP) is 6.06. The Morgan fingerprint density at radius 3 is 2.42 bits per heavy atom. The zero-order chi connectivity index (χ0) is 24.4. The summed E-state index contributed by atoms with van der Waals surface area (Å²) in [5.41, 5.74) is 3.27. The fourth-order valence-corrected chi connectivity index (χ4v) is 4.08. The third kappa shape index (κ3) is 6.69. The van der Waals surface area contributed by atoms with Crippen LogP contribution in [0, 0.1) is 19.3 Å². The van der Waals surface area contributed by atoms with Crippen molar-refractivity contribution in [2.45, 2.75) is 59.7 Å². The van der Waals surface area contributed by atoms with Gasteiger partial charge in [0.15, 0.2) is 0 Å². The van der Waals surface area contributed by atoms with Gasteiger partial charge in [0.05, 0.1) is 12.7 Å². The van der Waals surface area contributed by atoms with Gasteiger partial charge in [0.2, 0.25) is 5.91 Å². The zero-order valence-electron chi connectivity index (χ0n) is 19.8. The van der Waals surface area contributed by atoms with Crippen molar-refractivity contribution in [2.75, 3.05) is 29.9 Å². The van der Waals surface area contributed by atoms with Crippen LogP contribution in [0.5, 0.6) is 0 Å². The minimum atomic E-state index is -4.48. The van der Waals surface area contributed by atoms with E-state index in [4.69, 9.17) is 4.74 Å². The highest BCUT2D eigenvalue weighted by molar-refractivity contribution is 5.93. The van der Waals surface area contributed by atoms with Crippen molar-refractivity contribution in [3.63, 3.8) is 0 Å². The number of ether oxygens (including phenoxy) is 1. The van der Waals surface area contributed by atoms with Crippen LogP contribution in [0.1, 0.15) is 62.1 Å². The fourth-order valence-electron chi connectivity index (χ4n) is 4.08. The first-order chi connectivity index (χ1) is 15.3. The van der Waals surface area contributed by atoms with Crippen LogP contribution in [0.3, 0.4) is 0 Å². The van der Waals surface area contributed by atoms with Crippen LogP contribution in [-0.2, 0) is 15.7 Å². The van der Waals surface area contributed by atoms with E-state index in [1.165, 1.54) is 6.20 Å². The van der Waals surface area contributed by atoms with Crippen molar-refractivity contribution in [1.82, 2.24) is 4.98 Å². The summed E-state index contributed by atoms with van der Waals surface area (Å²) in [4.78, 5) is 18.0. The van der Waals surface area contributed by atoms with E-state index in [0.717, 1.165) is 28.6 Å². The molecule has 1 fully saturated rings. The summed E-state index contributed by atoms with van der Waals surface area (Å²) < 4.78 is 45.0. The maximum absolute atomic E-state index is 13.0. The summed E-state index contributed by atoms with van der Waals surface area (Å²) in [5, 5.41) is 3.04. The number of amides is 1. The number of nitrogens with one attached hydrogen (secondary N) is 1. The van der Waals surface area contributed by atoms with Crippen molar-refractivity contribution in [2.24, 2.45) is 5.41 Å². The zero-order valence-corrected chi connectivity index (χ0v) is 19.8. The molecule has 1 aromatic carbocycles. The molecule has 33 heavy (non-hydrogen) atoms. The molecule has 1 aliphatic rings. The molecule has 3 rings (SSSR count). The average molecular weight is 464 g/mol. The molecule has 1 saturated heterocycles. The van der Waals surface area contributed by atoms with Gasteiger partial charge in [0.25, 0.3) is 0 Å². The van der Waals surface area contributed by atoms with Gasteiger partial charge >= 0.3 is 6.18 Å². The first kappa shape index (κ1) is 25.0. The van der Waals surface area contributed by atoms with Crippen LogP contribution in [0.2, 0.25) is 0 Å². The highest BCUT2D eigenvalue weighted by Crippen LogP contribution is 2.33. The third-order valence-corrected chi connectivity index (χ3v) is 5.63. The highest BCUT2D eigenvalue weighted by Gasteiger charge is 2.33. The Morgan fingerprint density at radius 1 is 1.15 bits per heavy atom. The summed E-state index contributed by atoms with van der Waals surface area (Å²) in [6, 6.07) is 6.73. The number of carbonyl (C=O) groups is 1. The molecule has 8 heteroatoms. The van der Waals surface area contributed by atoms with Crippen molar-refractivity contribution >= 4 is 17.3 Å². The van der Waals surface area contributed by atoms with Gasteiger partial charge in [-0.15, -0.1) is 0 Å².